The summed E-state index contributed by atoms with van der Waals surface area (Å²) in [4.78, 5) is 11.9. The third kappa shape index (κ3) is 2.23. The molecule has 0 saturated heterocycles. The Kier molecular flexibility index (Phi) is 3.62. The molecule has 1 aromatic carbocycles. The van der Waals surface area contributed by atoms with Gasteiger partial charge >= 0.3 is 5.97 Å². The second kappa shape index (κ2) is 5.02. The minimum absolute atomic E-state index is 0.0933. The Labute approximate surface area is 111 Å². The van der Waals surface area contributed by atoms with Gasteiger partial charge in [-0.05, 0) is 36.1 Å². The molecule has 0 heterocycles. The maximum absolute atomic E-state index is 11.9. The Morgan fingerprint density at radius 3 is 2.94 bits per heavy atom. The third-order valence-electron chi connectivity index (χ3n) is 3.08. The SMILES string of the molecule is CCOC(=O)C1=C(O)CC(C)c2cc(Cl)ccc21. The largest absolute Gasteiger partial charge is 0.511 e. The fourth-order valence-corrected chi connectivity index (χ4v) is 2.44. The molecule has 0 aliphatic heterocycles. The molecule has 0 spiro atoms. The van der Waals surface area contributed by atoms with Crippen molar-refractivity contribution in [2.75, 3.05) is 6.61 Å². The number of esters is 1. The minimum Gasteiger partial charge on any atom is -0.511 e. The van der Waals surface area contributed by atoms with Crippen molar-refractivity contribution in [3.63, 3.8) is 0 Å². The van der Waals surface area contributed by atoms with Crippen LogP contribution in [0.4, 0.5) is 0 Å². The number of hydrogen-bond acceptors (Lipinski definition) is 3. The van der Waals surface area contributed by atoms with Gasteiger partial charge in [-0.15, -0.1) is 0 Å². The number of hydrogen-bond donors (Lipinski definition) is 1. The highest BCUT2D eigenvalue weighted by Crippen LogP contribution is 2.39. The highest BCUT2D eigenvalue weighted by Gasteiger charge is 2.29. The number of aliphatic hydroxyl groups excluding tert-OH is 1. The minimum atomic E-state index is -0.481. The number of halogens is 1. The monoisotopic (exact) mass is 266 g/mol. The van der Waals surface area contributed by atoms with Gasteiger partial charge in [0.25, 0.3) is 0 Å². The molecule has 3 nitrogen and oxygen atoms in total. The highest BCUT2D eigenvalue weighted by molar-refractivity contribution is 6.31. The quantitative estimate of drug-likeness (QED) is 0.831. The predicted octanol–water partition coefficient (Wildman–Crippen LogP) is 3.68. The summed E-state index contributed by atoms with van der Waals surface area (Å²) in [5, 5.41) is 10.6. The lowest BCUT2D eigenvalue weighted by Crippen LogP contribution is -2.16. The summed E-state index contributed by atoms with van der Waals surface area (Å²) in [6, 6.07) is 5.31. The molecule has 1 aliphatic carbocycles. The van der Waals surface area contributed by atoms with Crippen molar-refractivity contribution in [3.05, 3.63) is 40.1 Å². The van der Waals surface area contributed by atoms with E-state index in [1.54, 1.807) is 19.1 Å². The molecule has 96 valence electrons. The van der Waals surface area contributed by atoms with Crippen molar-refractivity contribution in [2.45, 2.75) is 26.2 Å². The lowest BCUT2D eigenvalue weighted by molar-refractivity contribution is -0.136. The van der Waals surface area contributed by atoms with E-state index < -0.39 is 5.97 Å². The zero-order chi connectivity index (χ0) is 13.3. The molecule has 4 heteroatoms. The van der Waals surface area contributed by atoms with Crippen LogP contribution in [0, 0.1) is 0 Å². The van der Waals surface area contributed by atoms with Gasteiger partial charge < -0.3 is 9.84 Å². The Bertz CT molecular complexity index is 520. The first-order chi connectivity index (χ1) is 8.54. The maximum Gasteiger partial charge on any atom is 0.342 e. The smallest absolute Gasteiger partial charge is 0.342 e. The lowest BCUT2D eigenvalue weighted by atomic mass is 9.83. The van der Waals surface area contributed by atoms with Gasteiger partial charge in [-0.3, -0.25) is 0 Å². The predicted molar refractivity (Wildman–Crippen MR) is 70.7 cm³/mol. The highest BCUT2D eigenvalue weighted by atomic mass is 35.5. The number of carbonyl (C=O) groups is 1. The van der Waals surface area contributed by atoms with Crippen LogP contribution in [0.3, 0.4) is 0 Å². The van der Waals surface area contributed by atoms with Gasteiger partial charge in [0, 0.05) is 11.4 Å². The molecule has 0 bridgehead atoms. The zero-order valence-electron chi connectivity index (χ0n) is 10.4. The van der Waals surface area contributed by atoms with E-state index in [9.17, 15) is 9.90 Å². The van der Waals surface area contributed by atoms with Gasteiger partial charge in [0.1, 0.15) is 11.3 Å². The first kappa shape index (κ1) is 13.0. The molecule has 0 amide bonds. The molecule has 0 radical (unpaired) electrons. The molecule has 18 heavy (non-hydrogen) atoms. The molecule has 1 aromatic rings. The number of carbonyl (C=O) groups excluding carboxylic acids is 1. The van der Waals surface area contributed by atoms with Crippen LogP contribution < -0.4 is 0 Å². The normalized spacial score (nSPS) is 18.5. The number of allylic oxidation sites excluding steroid dienone is 1. The maximum atomic E-state index is 11.9. The van der Waals surface area contributed by atoms with Crippen molar-refractivity contribution in [1.82, 2.24) is 0 Å². The summed E-state index contributed by atoms with van der Waals surface area (Å²) in [5.74, 6) is -0.252. The Balaban J connectivity index is 2.53. The van der Waals surface area contributed by atoms with Crippen molar-refractivity contribution in [3.8, 4) is 0 Å². The van der Waals surface area contributed by atoms with Gasteiger partial charge in [0.2, 0.25) is 0 Å². The van der Waals surface area contributed by atoms with Crippen LogP contribution in [0.5, 0.6) is 0 Å². The van der Waals surface area contributed by atoms with Crippen LogP contribution in [0.15, 0.2) is 24.0 Å². The van der Waals surface area contributed by atoms with Gasteiger partial charge in [-0.1, -0.05) is 24.6 Å². The molecule has 1 aliphatic rings. The van der Waals surface area contributed by atoms with E-state index in [0.717, 1.165) is 5.56 Å². The van der Waals surface area contributed by atoms with E-state index in [-0.39, 0.29) is 23.9 Å². The van der Waals surface area contributed by atoms with Crippen LogP contribution in [-0.2, 0) is 9.53 Å². The summed E-state index contributed by atoms with van der Waals surface area (Å²) in [7, 11) is 0. The van der Waals surface area contributed by atoms with E-state index >= 15 is 0 Å². The Morgan fingerprint density at radius 2 is 2.28 bits per heavy atom. The van der Waals surface area contributed by atoms with Gasteiger partial charge in [-0.25, -0.2) is 4.79 Å². The van der Waals surface area contributed by atoms with Crippen LogP contribution in [0.1, 0.15) is 37.3 Å². The van der Waals surface area contributed by atoms with Crippen molar-refractivity contribution >= 4 is 23.1 Å². The molecule has 1 atom stereocenters. The summed E-state index contributed by atoms with van der Waals surface area (Å²) in [6.07, 6.45) is 0.432. The van der Waals surface area contributed by atoms with Crippen LogP contribution in [0.25, 0.3) is 5.57 Å². The molecule has 1 N–H and O–H groups in total. The van der Waals surface area contributed by atoms with Crippen LogP contribution in [0.2, 0.25) is 5.02 Å². The second-order valence-corrected chi connectivity index (χ2v) is 4.82. The second-order valence-electron chi connectivity index (χ2n) is 4.38. The lowest BCUT2D eigenvalue weighted by Gasteiger charge is -2.24. The third-order valence-corrected chi connectivity index (χ3v) is 3.32. The molecule has 0 saturated carbocycles. The van der Waals surface area contributed by atoms with Crippen LogP contribution in [-0.4, -0.2) is 17.7 Å². The molecule has 2 rings (SSSR count). The fourth-order valence-electron chi connectivity index (χ4n) is 2.26. The van der Waals surface area contributed by atoms with Gasteiger partial charge in [-0.2, -0.15) is 0 Å². The average Bonchev–Trinajstić information content (AvgIpc) is 2.30. The first-order valence-corrected chi connectivity index (χ1v) is 6.31. The van der Waals surface area contributed by atoms with E-state index in [4.69, 9.17) is 16.3 Å². The number of benzene rings is 1. The van der Waals surface area contributed by atoms with E-state index in [1.807, 2.05) is 13.0 Å². The van der Waals surface area contributed by atoms with Crippen molar-refractivity contribution in [1.29, 1.82) is 0 Å². The zero-order valence-corrected chi connectivity index (χ0v) is 11.1. The molecule has 0 aromatic heterocycles. The molecule has 0 fully saturated rings. The Morgan fingerprint density at radius 1 is 1.56 bits per heavy atom. The number of ether oxygens (including phenoxy) is 1. The standard InChI is InChI=1S/C14H15ClO3/c1-3-18-14(17)13-10-5-4-9(15)7-11(10)8(2)6-12(13)16/h4-5,7-8,16H,3,6H2,1-2H3. The summed E-state index contributed by atoms with van der Waals surface area (Å²) in [6.45, 7) is 4.02. The summed E-state index contributed by atoms with van der Waals surface area (Å²) in [5.41, 5.74) is 1.96. The van der Waals surface area contributed by atoms with E-state index in [0.29, 0.717) is 17.0 Å². The molecular weight excluding hydrogens is 252 g/mol. The van der Waals surface area contributed by atoms with Gasteiger partial charge in [0.15, 0.2) is 0 Å². The molecule has 1 unspecified atom stereocenters. The average molecular weight is 267 g/mol. The van der Waals surface area contributed by atoms with Crippen molar-refractivity contribution < 1.29 is 14.6 Å². The topological polar surface area (TPSA) is 46.5 Å². The molecular formula is C14H15ClO3. The first-order valence-electron chi connectivity index (χ1n) is 5.93. The number of rotatable bonds is 2. The van der Waals surface area contributed by atoms with Crippen LogP contribution >= 0.6 is 11.6 Å². The Hall–Kier alpha value is -1.48. The van der Waals surface area contributed by atoms with E-state index in [2.05, 4.69) is 0 Å². The fraction of sp³-hybridized carbons (Fsp3) is 0.357. The van der Waals surface area contributed by atoms with Gasteiger partial charge in [0.05, 0.1) is 6.61 Å². The number of fused-ring (bicyclic) bond motifs is 1. The van der Waals surface area contributed by atoms with Crippen molar-refractivity contribution in [2.24, 2.45) is 0 Å². The summed E-state index contributed by atoms with van der Waals surface area (Å²) >= 11 is 5.97. The summed E-state index contributed by atoms with van der Waals surface area (Å²) < 4.78 is 4.98. The number of aliphatic hydroxyl groups is 1. The van der Waals surface area contributed by atoms with E-state index in [1.165, 1.54) is 0 Å².